The first kappa shape index (κ1) is 28.2. The number of esters is 2. The average molecular weight is 495 g/mol. The number of hydrogen-bond acceptors (Lipinski definition) is 9. The van der Waals surface area contributed by atoms with Crippen molar-refractivity contribution in [3.8, 4) is 0 Å². The number of carbonyl (C=O) groups excluding carboxylic acids is 2. The summed E-state index contributed by atoms with van der Waals surface area (Å²) >= 11 is 0. The largest absolute Gasteiger partial charge is 0.465 e. The summed E-state index contributed by atoms with van der Waals surface area (Å²) in [5.74, 6) is -0.982. The number of hydrogen-bond donors (Lipinski definition) is 2. The third kappa shape index (κ3) is 13.2. The number of carbonyl (C=O) groups is 2. The average Bonchev–Trinajstić information content (AvgIpc) is 2.65. The van der Waals surface area contributed by atoms with Crippen molar-refractivity contribution in [3.63, 3.8) is 0 Å². The van der Waals surface area contributed by atoms with Crippen LogP contribution in [0.3, 0.4) is 0 Å². The third-order valence-electron chi connectivity index (χ3n) is 2.99. The molecule has 2 aromatic rings. The Morgan fingerprint density at radius 3 is 1.65 bits per heavy atom. The molecule has 0 spiro atoms. The maximum absolute atomic E-state index is 11.3. The second kappa shape index (κ2) is 12.8. The molecule has 2 aromatic carbocycles. The van der Waals surface area contributed by atoms with E-state index in [9.17, 15) is 26.4 Å². The first-order chi connectivity index (χ1) is 14.2. The predicted octanol–water partition coefficient (Wildman–Crippen LogP) is 2.08. The fourth-order valence-corrected chi connectivity index (χ4v) is 2.43. The van der Waals surface area contributed by atoms with Crippen molar-refractivity contribution >= 4 is 53.1 Å². The molecule has 0 aliphatic carbocycles. The molecule has 172 valence electrons. The zero-order valence-electron chi connectivity index (χ0n) is 17.2. The third-order valence-corrected chi connectivity index (χ3v) is 3.58. The summed E-state index contributed by atoms with van der Waals surface area (Å²) in [6, 6.07) is 13.0. The van der Waals surface area contributed by atoms with Crippen LogP contribution in [0.2, 0.25) is 0 Å². The Bertz CT molecular complexity index is 1100. The minimum Gasteiger partial charge on any atom is -0.465 e. The topological polar surface area (TPSA) is 159 Å². The van der Waals surface area contributed by atoms with E-state index in [-0.39, 0.29) is 11.3 Å². The van der Waals surface area contributed by atoms with Crippen molar-refractivity contribution in [2.45, 2.75) is 0 Å². The maximum Gasteiger partial charge on any atom is 0.339 e. The number of benzene rings is 2. The summed E-state index contributed by atoms with van der Waals surface area (Å²) < 4.78 is 52.0. The van der Waals surface area contributed by atoms with Crippen LogP contribution in [0, 0.1) is 0 Å². The lowest BCUT2D eigenvalue weighted by molar-refractivity contribution is 0.0593. The van der Waals surface area contributed by atoms with E-state index in [1.807, 2.05) is 0 Å². The van der Waals surface area contributed by atoms with E-state index in [0.717, 1.165) is 12.5 Å². The molecular formula is C18H23ClN2O8S2. The highest BCUT2D eigenvalue weighted by Gasteiger charge is 2.13. The van der Waals surface area contributed by atoms with Gasteiger partial charge in [-0.25, -0.2) is 26.4 Å². The molecule has 0 amide bonds. The van der Waals surface area contributed by atoms with Crippen LogP contribution in [0.25, 0.3) is 0 Å². The first-order valence-electron chi connectivity index (χ1n) is 8.17. The van der Waals surface area contributed by atoms with Gasteiger partial charge in [0.2, 0.25) is 19.1 Å². The van der Waals surface area contributed by atoms with E-state index < -0.39 is 31.0 Å². The maximum atomic E-state index is 11.3. The number of methoxy groups -OCH3 is 2. The number of para-hydroxylation sites is 2. The molecule has 10 nitrogen and oxygen atoms in total. The van der Waals surface area contributed by atoms with Gasteiger partial charge in [0, 0.05) is 16.4 Å². The van der Waals surface area contributed by atoms with Gasteiger partial charge in [0.25, 0.3) is 0 Å². The summed E-state index contributed by atoms with van der Waals surface area (Å²) in [6.07, 6.45) is 1.94. The standard InChI is InChI=1S/C9H11NO4S.C8H9NO2.CH3ClO2S/c1-14-9(11)7-5-3-4-6-8(7)10-15(2,12)13;1-11-8(10)6-4-2-3-5-7(6)9;1-5(2,3)4/h3-6,10H,1-2H3;2-5H,9H2,1H3;1H3. The van der Waals surface area contributed by atoms with Crippen molar-refractivity contribution in [2.75, 3.05) is 37.2 Å². The van der Waals surface area contributed by atoms with Gasteiger partial charge in [0.1, 0.15) is 0 Å². The fraction of sp³-hybridized carbons (Fsp3) is 0.222. The van der Waals surface area contributed by atoms with Crippen LogP contribution in [0.4, 0.5) is 11.4 Å². The van der Waals surface area contributed by atoms with Crippen LogP contribution >= 0.6 is 10.7 Å². The summed E-state index contributed by atoms with van der Waals surface area (Å²) in [4.78, 5) is 22.2. The van der Waals surface area contributed by atoms with Crippen LogP contribution in [0.1, 0.15) is 20.7 Å². The van der Waals surface area contributed by atoms with Gasteiger partial charge in [0.15, 0.2) is 0 Å². The Kier molecular flexibility index (Phi) is 11.6. The van der Waals surface area contributed by atoms with E-state index in [2.05, 4.69) is 24.9 Å². The zero-order valence-corrected chi connectivity index (χ0v) is 19.5. The summed E-state index contributed by atoms with van der Waals surface area (Å²) in [6.45, 7) is 0. The number of rotatable bonds is 4. The van der Waals surface area contributed by atoms with Gasteiger partial charge in [-0.3, -0.25) is 4.72 Å². The molecule has 0 aliphatic heterocycles. The lowest BCUT2D eigenvalue weighted by Crippen LogP contribution is -2.13. The molecule has 31 heavy (non-hydrogen) atoms. The highest BCUT2D eigenvalue weighted by Crippen LogP contribution is 2.16. The van der Waals surface area contributed by atoms with Crippen molar-refractivity contribution in [3.05, 3.63) is 59.7 Å². The van der Waals surface area contributed by atoms with E-state index in [1.54, 1.807) is 36.4 Å². The highest BCUT2D eigenvalue weighted by molar-refractivity contribution is 8.13. The molecule has 0 unspecified atom stereocenters. The van der Waals surface area contributed by atoms with Crippen LogP contribution < -0.4 is 10.5 Å². The number of nitrogens with two attached hydrogens (primary N) is 1. The number of halogens is 1. The molecule has 0 saturated carbocycles. The van der Waals surface area contributed by atoms with Crippen molar-refractivity contribution < 1.29 is 35.9 Å². The summed E-state index contributed by atoms with van der Waals surface area (Å²) in [5.41, 5.74) is 6.75. The molecule has 0 fully saturated rings. The van der Waals surface area contributed by atoms with Crippen molar-refractivity contribution in [2.24, 2.45) is 0 Å². The zero-order chi connectivity index (χ0) is 24.2. The van der Waals surface area contributed by atoms with Crippen LogP contribution in [0.15, 0.2) is 48.5 Å². The number of sulfonamides is 1. The Morgan fingerprint density at radius 2 is 1.23 bits per heavy atom. The van der Waals surface area contributed by atoms with E-state index in [0.29, 0.717) is 11.3 Å². The second-order valence-electron chi connectivity index (χ2n) is 5.67. The first-order valence-corrected chi connectivity index (χ1v) is 12.8. The number of ether oxygens (including phenoxy) is 2. The number of nitrogens with one attached hydrogen (secondary N) is 1. The van der Waals surface area contributed by atoms with Gasteiger partial charge in [0.05, 0.1) is 43.5 Å². The van der Waals surface area contributed by atoms with Gasteiger partial charge in [-0.05, 0) is 24.3 Å². The summed E-state index contributed by atoms with van der Waals surface area (Å²) in [5, 5.41) is 0. The number of nitrogen functional groups attached to an aromatic ring is 1. The second-order valence-corrected chi connectivity index (χ2v) is 10.5. The highest BCUT2D eigenvalue weighted by atomic mass is 35.7. The molecule has 0 heterocycles. The van der Waals surface area contributed by atoms with E-state index >= 15 is 0 Å². The molecule has 0 radical (unpaired) electrons. The molecule has 0 atom stereocenters. The molecule has 3 N–H and O–H groups in total. The molecular weight excluding hydrogens is 472 g/mol. The predicted molar refractivity (Wildman–Crippen MR) is 119 cm³/mol. The summed E-state index contributed by atoms with van der Waals surface area (Å²) in [7, 11) is 0.472. The fourth-order valence-electron chi connectivity index (χ4n) is 1.85. The minimum atomic E-state index is -3.40. The van der Waals surface area contributed by atoms with E-state index in [4.69, 9.17) is 5.73 Å². The van der Waals surface area contributed by atoms with Gasteiger partial charge in [-0.15, -0.1) is 0 Å². The van der Waals surface area contributed by atoms with Crippen LogP contribution in [0.5, 0.6) is 0 Å². The molecule has 2 rings (SSSR count). The van der Waals surface area contributed by atoms with Gasteiger partial charge < -0.3 is 15.2 Å². The van der Waals surface area contributed by atoms with E-state index in [1.165, 1.54) is 26.4 Å². The lowest BCUT2D eigenvalue weighted by Gasteiger charge is -2.08. The minimum absolute atomic E-state index is 0.186. The van der Waals surface area contributed by atoms with Crippen molar-refractivity contribution in [1.82, 2.24) is 0 Å². The molecule has 0 bridgehead atoms. The van der Waals surface area contributed by atoms with Gasteiger partial charge in [-0.2, -0.15) is 0 Å². The van der Waals surface area contributed by atoms with Gasteiger partial charge in [-0.1, -0.05) is 24.3 Å². The molecule has 0 saturated heterocycles. The molecule has 0 aromatic heterocycles. The smallest absolute Gasteiger partial charge is 0.339 e. The quantitative estimate of drug-likeness (QED) is 0.368. The van der Waals surface area contributed by atoms with Crippen molar-refractivity contribution in [1.29, 1.82) is 0 Å². The molecule has 13 heteroatoms. The Balaban J connectivity index is 0.000000492. The normalized spacial score (nSPS) is 10.4. The Hall–Kier alpha value is -2.83. The van der Waals surface area contributed by atoms with Crippen LogP contribution in [-0.2, 0) is 28.5 Å². The van der Waals surface area contributed by atoms with Gasteiger partial charge >= 0.3 is 11.9 Å². The number of anilines is 2. The molecule has 0 aliphatic rings. The monoisotopic (exact) mass is 494 g/mol. The Morgan fingerprint density at radius 1 is 0.839 bits per heavy atom. The SMILES string of the molecule is COC(=O)c1ccccc1N.COC(=O)c1ccccc1NS(C)(=O)=O.CS(=O)(=O)Cl. The lowest BCUT2D eigenvalue weighted by atomic mass is 10.2. The Labute approximate surface area is 185 Å². The van der Waals surface area contributed by atoms with Crippen LogP contribution in [-0.4, -0.2) is 55.5 Å².